The quantitative estimate of drug-likeness (QED) is 0.850. The van der Waals surface area contributed by atoms with Crippen LogP contribution in [-0.4, -0.2) is 48.0 Å². The van der Waals surface area contributed by atoms with Crippen LogP contribution in [0, 0.1) is 5.92 Å². The Morgan fingerprint density at radius 2 is 2.08 bits per heavy atom. The number of hydrogen-bond acceptors (Lipinski definition) is 4. The third-order valence-electron chi connectivity index (χ3n) is 3.70. The van der Waals surface area contributed by atoms with Gasteiger partial charge in [-0.2, -0.15) is 0 Å². The summed E-state index contributed by atoms with van der Waals surface area (Å²) in [6.45, 7) is 6.44. The van der Waals surface area contributed by atoms with Crippen LogP contribution in [0.5, 0.6) is 0 Å². The molecule has 0 saturated carbocycles. The molecule has 1 aliphatic rings. The van der Waals surface area contributed by atoms with Crippen LogP contribution in [0.2, 0.25) is 10.0 Å². The van der Waals surface area contributed by atoms with Crippen LogP contribution in [-0.2, 0) is 9.47 Å². The average Bonchev–Trinajstić information content (AvgIpc) is 2.70. The Hall–Kier alpha value is -1.01. The van der Waals surface area contributed by atoms with E-state index < -0.39 is 11.7 Å². The van der Waals surface area contributed by atoms with E-state index in [0.717, 1.165) is 5.56 Å². The number of amides is 1. The standard InChI is InChI=1S/C17H23Cl2NO4/c1-17(2,3)24-16(22)20-6-7-23-15(12(9-20)10-21)11-4-5-13(18)14(19)8-11/h4-5,8,12,15,21H,6-7,9-10H2,1-3H3/t12-,15-/m1/s1. The van der Waals surface area contributed by atoms with Crippen LogP contribution in [0.15, 0.2) is 18.2 Å². The number of benzene rings is 1. The molecule has 7 heteroatoms. The fraction of sp³-hybridized carbons (Fsp3) is 0.588. The summed E-state index contributed by atoms with van der Waals surface area (Å²) in [7, 11) is 0. The van der Waals surface area contributed by atoms with Crippen LogP contribution < -0.4 is 0 Å². The molecule has 0 spiro atoms. The maximum Gasteiger partial charge on any atom is 0.410 e. The lowest BCUT2D eigenvalue weighted by Crippen LogP contribution is -2.40. The monoisotopic (exact) mass is 375 g/mol. The van der Waals surface area contributed by atoms with Crippen molar-refractivity contribution in [3.63, 3.8) is 0 Å². The number of ether oxygens (including phenoxy) is 2. The largest absolute Gasteiger partial charge is 0.444 e. The molecule has 1 heterocycles. The van der Waals surface area contributed by atoms with Gasteiger partial charge in [-0.15, -0.1) is 0 Å². The van der Waals surface area contributed by atoms with Crippen LogP contribution in [0.25, 0.3) is 0 Å². The molecule has 1 aliphatic heterocycles. The average molecular weight is 376 g/mol. The molecule has 1 aromatic rings. The molecule has 134 valence electrons. The number of nitrogens with zero attached hydrogens (tertiary/aromatic N) is 1. The minimum atomic E-state index is -0.567. The van der Waals surface area contributed by atoms with Crippen molar-refractivity contribution in [1.29, 1.82) is 0 Å². The van der Waals surface area contributed by atoms with Gasteiger partial charge in [-0.25, -0.2) is 4.79 Å². The summed E-state index contributed by atoms with van der Waals surface area (Å²) < 4.78 is 11.3. The number of aliphatic hydroxyl groups is 1. The van der Waals surface area contributed by atoms with Gasteiger partial charge >= 0.3 is 6.09 Å². The fourth-order valence-corrected chi connectivity index (χ4v) is 2.91. The van der Waals surface area contributed by atoms with E-state index >= 15 is 0 Å². The molecule has 1 N–H and O–H groups in total. The first-order chi connectivity index (χ1) is 11.2. The zero-order chi connectivity index (χ0) is 17.9. The Morgan fingerprint density at radius 1 is 1.38 bits per heavy atom. The Bertz CT molecular complexity index is 588. The second kappa shape index (κ2) is 7.91. The van der Waals surface area contributed by atoms with E-state index in [-0.39, 0.29) is 18.6 Å². The number of carbonyl (C=O) groups excluding carboxylic acids is 1. The van der Waals surface area contributed by atoms with Gasteiger partial charge in [0.05, 0.1) is 29.4 Å². The lowest BCUT2D eigenvalue weighted by atomic mass is 9.96. The predicted octanol–water partition coefficient (Wildman–Crippen LogP) is 3.91. The highest BCUT2D eigenvalue weighted by Gasteiger charge is 2.32. The molecular formula is C17H23Cl2NO4. The van der Waals surface area contributed by atoms with E-state index in [4.69, 9.17) is 32.7 Å². The second-order valence-electron chi connectivity index (χ2n) is 6.83. The molecule has 5 nitrogen and oxygen atoms in total. The van der Waals surface area contributed by atoms with Crippen molar-refractivity contribution >= 4 is 29.3 Å². The Morgan fingerprint density at radius 3 is 2.67 bits per heavy atom. The number of rotatable bonds is 2. The molecule has 2 rings (SSSR count). The fourth-order valence-electron chi connectivity index (χ4n) is 2.60. The molecule has 0 aromatic heterocycles. The molecule has 1 saturated heterocycles. The van der Waals surface area contributed by atoms with E-state index in [1.54, 1.807) is 17.0 Å². The Kier molecular flexibility index (Phi) is 6.37. The van der Waals surface area contributed by atoms with E-state index in [9.17, 15) is 9.90 Å². The van der Waals surface area contributed by atoms with Gasteiger partial charge in [0.1, 0.15) is 5.60 Å². The van der Waals surface area contributed by atoms with Crippen molar-refractivity contribution in [3.05, 3.63) is 33.8 Å². The van der Waals surface area contributed by atoms with Crippen molar-refractivity contribution < 1.29 is 19.4 Å². The van der Waals surface area contributed by atoms with Crippen LogP contribution >= 0.6 is 23.2 Å². The highest BCUT2D eigenvalue weighted by molar-refractivity contribution is 6.42. The summed E-state index contributed by atoms with van der Waals surface area (Å²) >= 11 is 12.0. The summed E-state index contributed by atoms with van der Waals surface area (Å²) in [5.74, 6) is -0.280. The van der Waals surface area contributed by atoms with E-state index in [0.29, 0.717) is 29.7 Å². The third kappa shape index (κ3) is 4.99. The van der Waals surface area contributed by atoms with Gasteiger partial charge in [-0.1, -0.05) is 29.3 Å². The smallest absolute Gasteiger partial charge is 0.410 e. The van der Waals surface area contributed by atoms with Gasteiger partial charge in [0.15, 0.2) is 0 Å². The van der Waals surface area contributed by atoms with Crippen molar-refractivity contribution in [2.24, 2.45) is 5.92 Å². The molecule has 0 unspecified atom stereocenters. The molecule has 0 radical (unpaired) electrons. The Labute approximate surface area is 152 Å². The van der Waals surface area contributed by atoms with Gasteiger partial charge < -0.3 is 19.5 Å². The third-order valence-corrected chi connectivity index (χ3v) is 4.44. The molecule has 2 atom stereocenters. The highest BCUT2D eigenvalue weighted by Crippen LogP contribution is 2.33. The van der Waals surface area contributed by atoms with Crippen LogP contribution in [0.4, 0.5) is 4.79 Å². The first kappa shape index (κ1) is 19.3. The van der Waals surface area contributed by atoms with Gasteiger partial charge in [0.25, 0.3) is 0 Å². The van der Waals surface area contributed by atoms with Crippen molar-refractivity contribution in [1.82, 2.24) is 4.90 Å². The lowest BCUT2D eigenvalue weighted by Gasteiger charge is -2.29. The summed E-state index contributed by atoms with van der Waals surface area (Å²) in [5, 5.41) is 10.7. The highest BCUT2D eigenvalue weighted by atomic mass is 35.5. The predicted molar refractivity (Wildman–Crippen MR) is 93.5 cm³/mol. The van der Waals surface area contributed by atoms with Gasteiger partial charge in [-0.05, 0) is 38.5 Å². The van der Waals surface area contributed by atoms with Gasteiger partial charge in [0, 0.05) is 19.0 Å². The molecule has 1 amide bonds. The van der Waals surface area contributed by atoms with Crippen molar-refractivity contribution in [2.75, 3.05) is 26.3 Å². The summed E-state index contributed by atoms with van der Waals surface area (Å²) in [4.78, 5) is 13.9. The molecule has 0 aliphatic carbocycles. The topological polar surface area (TPSA) is 59.0 Å². The molecule has 0 bridgehead atoms. The van der Waals surface area contributed by atoms with Crippen molar-refractivity contribution in [2.45, 2.75) is 32.5 Å². The van der Waals surface area contributed by atoms with Crippen LogP contribution in [0.3, 0.4) is 0 Å². The second-order valence-corrected chi connectivity index (χ2v) is 7.65. The first-order valence-corrected chi connectivity index (χ1v) is 8.62. The maximum absolute atomic E-state index is 12.3. The zero-order valence-electron chi connectivity index (χ0n) is 14.1. The minimum absolute atomic E-state index is 0.121. The summed E-state index contributed by atoms with van der Waals surface area (Å²) in [5.41, 5.74) is 0.261. The van der Waals surface area contributed by atoms with E-state index in [1.165, 1.54) is 0 Å². The van der Waals surface area contributed by atoms with E-state index in [2.05, 4.69) is 0 Å². The van der Waals surface area contributed by atoms with Crippen molar-refractivity contribution in [3.8, 4) is 0 Å². The van der Waals surface area contributed by atoms with Gasteiger partial charge in [0.2, 0.25) is 0 Å². The summed E-state index contributed by atoms with van der Waals surface area (Å²) in [6, 6.07) is 5.26. The number of carbonyl (C=O) groups is 1. The lowest BCUT2D eigenvalue weighted by molar-refractivity contribution is 0.0108. The molecule has 24 heavy (non-hydrogen) atoms. The molecule has 1 aromatic carbocycles. The molecular weight excluding hydrogens is 353 g/mol. The summed E-state index contributed by atoms with van der Waals surface area (Å²) in [6.07, 6.45) is -0.767. The van der Waals surface area contributed by atoms with E-state index in [1.807, 2.05) is 26.8 Å². The Balaban J connectivity index is 2.16. The number of hydrogen-bond donors (Lipinski definition) is 1. The number of aliphatic hydroxyl groups excluding tert-OH is 1. The zero-order valence-corrected chi connectivity index (χ0v) is 15.6. The molecule has 1 fully saturated rings. The normalized spacial score (nSPS) is 22.2. The van der Waals surface area contributed by atoms with Crippen LogP contribution in [0.1, 0.15) is 32.4 Å². The van der Waals surface area contributed by atoms with Gasteiger partial charge in [-0.3, -0.25) is 0 Å². The SMILES string of the molecule is CC(C)(C)OC(=O)N1CCO[C@H](c2ccc(Cl)c(Cl)c2)[C@@H](CO)C1. The maximum atomic E-state index is 12.3. The first-order valence-electron chi connectivity index (χ1n) is 7.86. The minimum Gasteiger partial charge on any atom is -0.444 e. The number of halogens is 2.